The summed E-state index contributed by atoms with van der Waals surface area (Å²) in [6, 6.07) is 0. The Morgan fingerprint density at radius 1 is 1.30 bits per heavy atom. The van der Waals surface area contributed by atoms with Crippen molar-refractivity contribution in [2.24, 2.45) is 11.3 Å². The molecule has 1 atom stereocenters. The fourth-order valence-corrected chi connectivity index (χ4v) is 1.71. The summed E-state index contributed by atoms with van der Waals surface area (Å²) in [5.74, 6) is 1.48. The predicted molar refractivity (Wildman–Crippen MR) is 48.6 cm³/mol. The Hall–Kier alpha value is 0.290. The molecule has 62 valence electrons. The molecule has 1 heteroatoms. The third-order valence-electron chi connectivity index (χ3n) is 2.05. The minimum absolute atomic E-state index is 0.387. The highest BCUT2D eigenvalue weighted by Crippen LogP contribution is 2.30. The van der Waals surface area contributed by atoms with Gasteiger partial charge in [-0.1, -0.05) is 34.1 Å². The highest BCUT2D eigenvalue weighted by atomic mass is 35.5. The van der Waals surface area contributed by atoms with Crippen LogP contribution in [0.15, 0.2) is 0 Å². The summed E-state index contributed by atoms with van der Waals surface area (Å²) < 4.78 is 0. The van der Waals surface area contributed by atoms with Crippen molar-refractivity contribution in [3.05, 3.63) is 0 Å². The quantitative estimate of drug-likeness (QED) is 0.556. The van der Waals surface area contributed by atoms with Gasteiger partial charge in [0.1, 0.15) is 0 Å². The molecule has 10 heavy (non-hydrogen) atoms. The number of halogens is 1. The van der Waals surface area contributed by atoms with Crippen molar-refractivity contribution in [1.82, 2.24) is 0 Å². The van der Waals surface area contributed by atoms with Gasteiger partial charge < -0.3 is 0 Å². The van der Waals surface area contributed by atoms with E-state index in [4.69, 9.17) is 11.6 Å². The SMILES string of the molecule is CCCC(CCl)C(C)(C)C. The van der Waals surface area contributed by atoms with Crippen molar-refractivity contribution in [1.29, 1.82) is 0 Å². The van der Waals surface area contributed by atoms with Gasteiger partial charge in [0.25, 0.3) is 0 Å². The van der Waals surface area contributed by atoms with Gasteiger partial charge in [0.05, 0.1) is 0 Å². The maximum atomic E-state index is 5.83. The molecule has 0 bridgehead atoms. The molecule has 0 saturated carbocycles. The smallest absolute Gasteiger partial charge is 0.0256 e. The topological polar surface area (TPSA) is 0 Å². The summed E-state index contributed by atoms with van der Waals surface area (Å²) in [7, 11) is 0. The highest BCUT2D eigenvalue weighted by molar-refractivity contribution is 6.18. The summed E-state index contributed by atoms with van der Waals surface area (Å²) in [6.45, 7) is 8.99. The van der Waals surface area contributed by atoms with Gasteiger partial charge in [0.2, 0.25) is 0 Å². The molecule has 1 unspecified atom stereocenters. The van der Waals surface area contributed by atoms with Crippen molar-refractivity contribution in [2.75, 3.05) is 5.88 Å². The Kier molecular flexibility index (Phi) is 4.35. The fourth-order valence-electron chi connectivity index (χ4n) is 1.09. The summed E-state index contributed by atoms with van der Waals surface area (Å²) in [5.41, 5.74) is 0.387. The molecule has 0 heterocycles. The van der Waals surface area contributed by atoms with Crippen LogP contribution in [0.3, 0.4) is 0 Å². The molecule has 0 N–H and O–H groups in total. The molecule has 0 spiro atoms. The maximum Gasteiger partial charge on any atom is 0.0256 e. The number of alkyl halides is 1. The van der Waals surface area contributed by atoms with E-state index in [2.05, 4.69) is 27.7 Å². The van der Waals surface area contributed by atoms with Crippen LogP contribution in [-0.4, -0.2) is 5.88 Å². The molecule has 0 aromatic rings. The lowest BCUT2D eigenvalue weighted by atomic mass is 9.79. The molecule has 0 aliphatic rings. The van der Waals surface area contributed by atoms with E-state index in [1.54, 1.807) is 0 Å². The van der Waals surface area contributed by atoms with Crippen LogP contribution in [-0.2, 0) is 0 Å². The van der Waals surface area contributed by atoms with Gasteiger partial charge in [-0.05, 0) is 17.8 Å². The van der Waals surface area contributed by atoms with Gasteiger partial charge >= 0.3 is 0 Å². The van der Waals surface area contributed by atoms with Crippen molar-refractivity contribution >= 4 is 11.6 Å². The van der Waals surface area contributed by atoms with Crippen LogP contribution in [0.25, 0.3) is 0 Å². The van der Waals surface area contributed by atoms with Crippen molar-refractivity contribution < 1.29 is 0 Å². The molecular formula is C9H19Cl. The molecule has 0 rings (SSSR count). The van der Waals surface area contributed by atoms with Crippen LogP contribution in [0, 0.1) is 11.3 Å². The monoisotopic (exact) mass is 162 g/mol. The van der Waals surface area contributed by atoms with E-state index in [1.165, 1.54) is 12.8 Å². The first-order chi connectivity index (χ1) is 4.52. The zero-order valence-corrected chi connectivity index (χ0v) is 8.33. The lowest BCUT2D eigenvalue weighted by Crippen LogP contribution is -2.21. The second-order valence-corrected chi connectivity index (χ2v) is 4.31. The first-order valence-electron chi connectivity index (χ1n) is 4.08. The molecule has 0 saturated heterocycles. The van der Waals surface area contributed by atoms with Gasteiger partial charge in [-0.2, -0.15) is 0 Å². The zero-order valence-electron chi connectivity index (χ0n) is 7.58. The normalized spacial score (nSPS) is 15.3. The number of hydrogen-bond donors (Lipinski definition) is 0. The van der Waals surface area contributed by atoms with Crippen LogP contribution >= 0.6 is 11.6 Å². The van der Waals surface area contributed by atoms with Crippen LogP contribution in [0.4, 0.5) is 0 Å². The van der Waals surface area contributed by atoms with Crippen LogP contribution in [0.5, 0.6) is 0 Å². The zero-order chi connectivity index (χ0) is 8.20. The second-order valence-electron chi connectivity index (χ2n) is 4.01. The summed E-state index contributed by atoms with van der Waals surface area (Å²) >= 11 is 5.83. The molecule has 0 radical (unpaired) electrons. The molecule has 0 aliphatic carbocycles. The molecule has 0 aliphatic heterocycles. The Bertz CT molecular complexity index is 81.2. The Morgan fingerprint density at radius 2 is 1.80 bits per heavy atom. The number of rotatable bonds is 3. The maximum absolute atomic E-state index is 5.83. The number of hydrogen-bond acceptors (Lipinski definition) is 0. The summed E-state index contributed by atoms with van der Waals surface area (Å²) in [5, 5.41) is 0. The van der Waals surface area contributed by atoms with Gasteiger partial charge in [0, 0.05) is 5.88 Å². The average molecular weight is 163 g/mol. The average Bonchev–Trinajstić information content (AvgIpc) is 1.80. The first-order valence-corrected chi connectivity index (χ1v) is 4.61. The molecule has 0 aromatic heterocycles. The van der Waals surface area contributed by atoms with E-state index >= 15 is 0 Å². The van der Waals surface area contributed by atoms with Crippen molar-refractivity contribution in [3.63, 3.8) is 0 Å². The third-order valence-corrected chi connectivity index (χ3v) is 2.42. The summed E-state index contributed by atoms with van der Waals surface area (Å²) in [6.07, 6.45) is 2.50. The van der Waals surface area contributed by atoms with Crippen LogP contribution in [0.2, 0.25) is 0 Å². The first kappa shape index (κ1) is 10.3. The standard InChI is InChI=1S/C9H19Cl/c1-5-6-8(7-10)9(2,3)4/h8H,5-7H2,1-4H3. The molecule has 0 aromatic carbocycles. The minimum atomic E-state index is 0.387. The predicted octanol–water partition coefficient (Wildman–Crippen LogP) is 3.69. The lowest BCUT2D eigenvalue weighted by molar-refractivity contribution is 0.249. The lowest BCUT2D eigenvalue weighted by Gasteiger charge is -2.28. The van der Waals surface area contributed by atoms with Gasteiger partial charge in [-0.25, -0.2) is 0 Å². The fraction of sp³-hybridized carbons (Fsp3) is 1.00. The Morgan fingerprint density at radius 3 is 1.90 bits per heavy atom. The minimum Gasteiger partial charge on any atom is -0.126 e. The van der Waals surface area contributed by atoms with E-state index in [9.17, 15) is 0 Å². The van der Waals surface area contributed by atoms with E-state index in [-0.39, 0.29) is 0 Å². The van der Waals surface area contributed by atoms with E-state index in [0.29, 0.717) is 11.3 Å². The Labute approximate surface area is 70.0 Å². The summed E-state index contributed by atoms with van der Waals surface area (Å²) in [4.78, 5) is 0. The largest absolute Gasteiger partial charge is 0.126 e. The molecule has 0 nitrogen and oxygen atoms in total. The van der Waals surface area contributed by atoms with Crippen LogP contribution in [0.1, 0.15) is 40.5 Å². The third kappa shape index (κ3) is 3.46. The van der Waals surface area contributed by atoms with Gasteiger partial charge in [-0.15, -0.1) is 11.6 Å². The molecule has 0 fully saturated rings. The van der Waals surface area contributed by atoms with Crippen molar-refractivity contribution in [3.8, 4) is 0 Å². The van der Waals surface area contributed by atoms with E-state index in [1.807, 2.05) is 0 Å². The van der Waals surface area contributed by atoms with Crippen LogP contribution < -0.4 is 0 Å². The molecule has 0 amide bonds. The molecular weight excluding hydrogens is 144 g/mol. The highest BCUT2D eigenvalue weighted by Gasteiger charge is 2.22. The van der Waals surface area contributed by atoms with Gasteiger partial charge in [-0.3, -0.25) is 0 Å². The van der Waals surface area contributed by atoms with Gasteiger partial charge in [0.15, 0.2) is 0 Å². The van der Waals surface area contributed by atoms with Crippen molar-refractivity contribution in [2.45, 2.75) is 40.5 Å². The second kappa shape index (κ2) is 4.23. The van der Waals surface area contributed by atoms with E-state index < -0.39 is 0 Å². The van der Waals surface area contributed by atoms with E-state index in [0.717, 1.165) is 5.88 Å². The Balaban J connectivity index is 3.81.